The van der Waals surface area contributed by atoms with Gasteiger partial charge in [0, 0.05) is 5.56 Å². The molecule has 0 aliphatic carbocycles. The molecule has 0 saturated heterocycles. The van der Waals surface area contributed by atoms with Crippen LogP contribution in [0.3, 0.4) is 0 Å². The monoisotopic (exact) mass is 283 g/mol. The zero-order chi connectivity index (χ0) is 15.5. The van der Waals surface area contributed by atoms with Crippen LogP contribution < -0.4 is 10.5 Å². The van der Waals surface area contributed by atoms with E-state index in [0.29, 0.717) is 12.2 Å². The molecule has 2 N–H and O–H groups in total. The van der Waals surface area contributed by atoms with E-state index in [4.69, 9.17) is 10.5 Å². The Labute approximate surface area is 125 Å². The molecule has 0 radical (unpaired) electrons. The maximum Gasteiger partial charge on any atom is 0.248 e. The van der Waals surface area contributed by atoms with Crippen molar-refractivity contribution < 1.29 is 9.53 Å². The molecule has 0 saturated carbocycles. The van der Waals surface area contributed by atoms with Crippen LogP contribution in [0.1, 0.15) is 42.3 Å². The van der Waals surface area contributed by atoms with Crippen molar-refractivity contribution in [3.05, 3.63) is 65.2 Å². The molecule has 2 rings (SSSR count). The third-order valence-electron chi connectivity index (χ3n) is 3.36. The van der Waals surface area contributed by atoms with E-state index in [1.54, 1.807) is 12.1 Å². The van der Waals surface area contributed by atoms with E-state index in [1.807, 2.05) is 24.3 Å². The van der Waals surface area contributed by atoms with Crippen LogP contribution in [0.15, 0.2) is 48.5 Å². The fourth-order valence-electron chi connectivity index (χ4n) is 1.98. The van der Waals surface area contributed by atoms with E-state index < -0.39 is 5.91 Å². The van der Waals surface area contributed by atoms with Gasteiger partial charge in [0.2, 0.25) is 5.91 Å². The molecule has 2 aromatic rings. The predicted molar refractivity (Wildman–Crippen MR) is 84.4 cm³/mol. The standard InChI is InChI=1S/C18H21NO2/c1-18(2,3)15-8-10-16(11-9-15)21-12-13-4-6-14(7-5-13)17(19)20/h4-11H,12H2,1-3H3,(H2,19,20). The van der Waals surface area contributed by atoms with Gasteiger partial charge in [-0.3, -0.25) is 4.79 Å². The van der Waals surface area contributed by atoms with E-state index in [0.717, 1.165) is 11.3 Å². The summed E-state index contributed by atoms with van der Waals surface area (Å²) in [7, 11) is 0. The molecule has 0 heterocycles. The molecule has 21 heavy (non-hydrogen) atoms. The number of hydrogen-bond donors (Lipinski definition) is 1. The minimum atomic E-state index is -0.416. The van der Waals surface area contributed by atoms with Gasteiger partial charge in [-0.25, -0.2) is 0 Å². The van der Waals surface area contributed by atoms with Crippen molar-refractivity contribution >= 4 is 5.91 Å². The smallest absolute Gasteiger partial charge is 0.248 e. The summed E-state index contributed by atoms with van der Waals surface area (Å²) in [6, 6.07) is 15.3. The first-order valence-electron chi connectivity index (χ1n) is 6.98. The van der Waals surface area contributed by atoms with Crippen molar-refractivity contribution in [1.29, 1.82) is 0 Å². The average Bonchev–Trinajstić information content (AvgIpc) is 2.45. The van der Waals surface area contributed by atoms with Gasteiger partial charge < -0.3 is 10.5 Å². The molecule has 3 nitrogen and oxygen atoms in total. The highest BCUT2D eigenvalue weighted by atomic mass is 16.5. The first-order chi connectivity index (χ1) is 9.86. The lowest BCUT2D eigenvalue weighted by Gasteiger charge is -2.19. The molecule has 0 atom stereocenters. The number of benzene rings is 2. The molecule has 0 aliphatic heterocycles. The summed E-state index contributed by atoms with van der Waals surface area (Å²) in [5.41, 5.74) is 8.14. The van der Waals surface area contributed by atoms with Crippen LogP contribution in [-0.4, -0.2) is 5.91 Å². The first-order valence-corrected chi connectivity index (χ1v) is 6.98. The lowest BCUT2D eigenvalue weighted by Crippen LogP contribution is -2.11. The summed E-state index contributed by atoms with van der Waals surface area (Å²) in [5.74, 6) is 0.419. The summed E-state index contributed by atoms with van der Waals surface area (Å²) in [6.45, 7) is 7.02. The molecule has 0 aromatic heterocycles. The highest BCUT2D eigenvalue weighted by Crippen LogP contribution is 2.24. The Morgan fingerprint density at radius 3 is 2.05 bits per heavy atom. The fraction of sp³-hybridized carbons (Fsp3) is 0.278. The minimum absolute atomic E-state index is 0.142. The van der Waals surface area contributed by atoms with Crippen LogP contribution >= 0.6 is 0 Å². The SMILES string of the molecule is CC(C)(C)c1ccc(OCc2ccc(C(N)=O)cc2)cc1. The summed E-state index contributed by atoms with van der Waals surface area (Å²) in [4.78, 5) is 11.0. The number of nitrogens with two attached hydrogens (primary N) is 1. The second-order valence-corrected chi connectivity index (χ2v) is 6.12. The van der Waals surface area contributed by atoms with Gasteiger partial charge in [-0.05, 0) is 40.8 Å². The lowest BCUT2D eigenvalue weighted by molar-refractivity contribution is 0.1000. The molecule has 1 amide bonds. The van der Waals surface area contributed by atoms with E-state index in [2.05, 4.69) is 32.9 Å². The van der Waals surface area contributed by atoms with Gasteiger partial charge in [0.1, 0.15) is 12.4 Å². The number of ether oxygens (including phenoxy) is 1. The molecule has 0 aliphatic rings. The fourth-order valence-corrected chi connectivity index (χ4v) is 1.98. The summed E-state index contributed by atoms with van der Waals surface area (Å²) in [6.07, 6.45) is 0. The number of amides is 1. The largest absolute Gasteiger partial charge is 0.489 e. The van der Waals surface area contributed by atoms with Crippen LogP contribution in [0.2, 0.25) is 0 Å². The number of carbonyl (C=O) groups is 1. The van der Waals surface area contributed by atoms with Crippen LogP contribution in [0.25, 0.3) is 0 Å². The maximum atomic E-state index is 11.0. The predicted octanol–water partition coefficient (Wildman–Crippen LogP) is 3.66. The van der Waals surface area contributed by atoms with Gasteiger partial charge in [0.05, 0.1) is 0 Å². The van der Waals surface area contributed by atoms with Crippen LogP contribution in [-0.2, 0) is 12.0 Å². The van der Waals surface area contributed by atoms with Gasteiger partial charge in [-0.15, -0.1) is 0 Å². The van der Waals surface area contributed by atoms with Crippen molar-refractivity contribution in [3.63, 3.8) is 0 Å². The van der Waals surface area contributed by atoms with E-state index >= 15 is 0 Å². The number of primary amides is 1. The van der Waals surface area contributed by atoms with Crippen LogP contribution in [0.5, 0.6) is 5.75 Å². The van der Waals surface area contributed by atoms with Crippen molar-refractivity contribution in [1.82, 2.24) is 0 Å². The van der Waals surface area contributed by atoms with Crippen molar-refractivity contribution in [2.24, 2.45) is 5.73 Å². The molecule has 3 heteroatoms. The number of hydrogen-bond acceptors (Lipinski definition) is 2. The Bertz CT molecular complexity index is 607. The van der Waals surface area contributed by atoms with Crippen molar-refractivity contribution in [2.45, 2.75) is 32.8 Å². The molecule has 2 aromatic carbocycles. The zero-order valence-corrected chi connectivity index (χ0v) is 12.7. The van der Waals surface area contributed by atoms with Gasteiger partial charge in [0.15, 0.2) is 0 Å². The number of rotatable bonds is 4. The average molecular weight is 283 g/mol. The third kappa shape index (κ3) is 4.09. The van der Waals surface area contributed by atoms with E-state index in [-0.39, 0.29) is 5.41 Å². The summed E-state index contributed by atoms with van der Waals surface area (Å²) >= 11 is 0. The molecule has 110 valence electrons. The highest BCUT2D eigenvalue weighted by Gasteiger charge is 2.12. The van der Waals surface area contributed by atoms with Crippen LogP contribution in [0.4, 0.5) is 0 Å². The van der Waals surface area contributed by atoms with Gasteiger partial charge >= 0.3 is 0 Å². The van der Waals surface area contributed by atoms with Crippen LogP contribution in [0, 0.1) is 0 Å². The Morgan fingerprint density at radius 1 is 1.00 bits per heavy atom. The second-order valence-electron chi connectivity index (χ2n) is 6.12. The highest BCUT2D eigenvalue weighted by molar-refractivity contribution is 5.92. The lowest BCUT2D eigenvalue weighted by atomic mass is 9.87. The molecule has 0 spiro atoms. The third-order valence-corrected chi connectivity index (χ3v) is 3.36. The molecule has 0 fully saturated rings. The van der Waals surface area contributed by atoms with Gasteiger partial charge in [-0.1, -0.05) is 45.0 Å². The molecule has 0 unspecified atom stereocenters. The van der Waals surface area contributed by atoms with E-state index in [9.17, 15) is 4.79 Å². The quantitative estimate of drug-likeness (QED) is 0.931. The summed E-state index contributed by atoms with van der Waals surface area (Å²) < 4.78 is 5.74. The Hall–Kier alpha value is -2.29. The minimum Gasteiger partial charge on any atom is -0.489 e. The Kier molecular flexibility index (Phi) is 4.32. The van der Waals surface area contributed by atoms with Gasteiger partial charge in [0.25, 0.3) is 0 Å². The number of carbonyl (C=O) groups excluding carboxylic acids is 1. The van der Waals surface area contributed by atoms with E-state index in [1.165, 1.54) is 5.56 Å². The molecular formula is C18H21NO2. The molecule has 0 bridgehead atoms. The first kappa shape index (κ1) is 15.1. The summed E-state index contributed by atoms with van der Waals surface area (Å²) in [5, 5.41) is 0. The van der Waals surface area contributed by atoms with Crippen molar-refractivity contribution in [3.8, 4) is 5.75 Å². The maximum absolute atomic E-state index is 11.0. The second kappa shape index (κ2) is 6.00. The Morgan fingerprint density at radius 2 is 1.57 bits per heavy atom. The normalized spacial score (nSPS) is 11.2. The zero-order valence-electron chi connectivity index (χ0n) is 12.7. The van der Waals surface area contributed by atoms with Crippen molar-refractivity contribution in [2.75, 3.05) is 0 Å². The Balaban J connectivity index is 1.98. The topological polar surface area (TPSA) is 52.3 Å². The molecular weight excluding hydrogens is 262 g/mol. The van der Waals surface area contributed by atoms with Gasteiger partial charge in [-0.2, -0.15) is 0 Å².